The van der Waals surface area contributed by atoms with E-state index in [4.69, 9.17) is 9.47 Å². The molecule has 0 aromatic heterocycles. The van der Waals surface area contributed by atoms with E-state index >= 15 is 0 Å². The van der Waals surface area contributed by atoms with Crippen LogP contribution in [0.25, 0.3) is 0 Å². The Labute approximate surface area is 185 Å². The molecule has 2 rings (SSSR count). The lowest BCUT2D eigenvalue weighted by molar-refractivity contribution is -0.119. The second kappa shape index (κ2) is 10.0. The van der Waals surface area contributed by atoms with Gasteiger partial charge in [-0.3, -0.25) is 9.10 Å². The molecule has 0 unspecified atom stereocenters. The average molecular weight is 449 g/mol. The molecule has 0 aliphatic rings. The third kappa shape index (κ3) is 6.89. The van der Waals surface area contributed by atoms with Gasteiger partial charge in [-0.05, 0) is 47.2 Å². The van der Waals surface area contributed by atoms with E-state index in [9.17, 15) is 13.2 Å². The summed E-state index contributed by atoms with van der Waals surface area (Å²) in [5, 5.41) is 2.79. The molecular weight excluding hydrogens is 416 g/mol. The zero-order chi connectivity index (χ0) is 23.2. The summed E-state index contributed by atoms with van der Waals surface area (Å²) in [6, 6.07) is 12.8. The molecule has 8 heteroatoms. The van der Waals surface area contributed by atoms with Gasteiger partial charge in [-0.1, -0.05) is 39.0 Å². The van der Waals surface area contributed by atoms with E-state index in [-0.39, 0.29) is 17.9 Å². The summed E-state index contributed by atoms with van der Waals surface area (Å²) in [6.45, 7) is 6.35. The van der Waals surface area contributed by atoms with Gasteiger partial charge in [-0.15, -0.1) is 0 Å². The van der Waals surface area contributed by atoms with Crippen LogP contribution in [0.15, 0.2) is 42.5 Å². The largest absolute Gasteiger partial charge is 0.493 e. The van der Waals surface area contributed by atoms with Crippen LogP contribution in [0.2, 0.25) is 0 Å². The minimum atomic E-state index is -3.61. The van der Waals surface area contributed by atoms with Crippen LogP contribution in [-0.2, 0) is 26.7 Å². The van der Waals surface area contributed by atoms with E-state index in [2.05, 4.69) is 26.1 Å². The zero-order valence-electron chi connectivity index (χ0n) is 19.1. The molecular formula is C23H32N2O5S. The average Bonchev–Trinajstić information content (AvgIpc) is 2.70. The first-order valence-corrected chi connectivity index (χ1v) is 11.9. The maximum Gasteiger partial charge on any atom is 0.240 e. The van der Waals surface area contributed by atoms with E-state index in [0.717, 1.165) is 21.7 Å². The van der Waals surface area contributed by atoms with Crippen molar-refractivity contribution in [3.63, 3.8) is 0 Å². The van der Waals surface area contributed by atoms with Crippen molar-refractivity contribution in [1.29, 1.82) is 0 Å². The maximum atomic E-state index is 12.5. The molecule has 2 aromatic rings. The number of sulfonamides is 1. The second-order valence-corrected chi connectivity index (χ2v) is 10.3. The first-order valence-electron chi connectivity index (χ1n) is 10.0. The van der Waals surface area contributed by atoms with Gasteiger partial charge >= 0.3 is 0 Å². The van der Waals surface area contributed by atoms with E-state index in [1.165, 1.54) is 0 Å². The normalized spacial score (nSPS) is 11.7. The highest BCUT2D eigenvalue weighted by atomic mass is 32.2. The van der Waals surface area contributed by atoms with Crippen molar-refractivity contribution in [1.82, 2.24) is 5.32 Å². The predicted octanol–water partition coefficient (Wildman–Crippen LogP) is 3.13. The molecule has 0 aliphatic heterocycles. The van der Waals surface area contributed by atoms with Gasteiger partial charge in [-0.25, -0.2) is 8.42 Å². The number of anilines is 1. The number of nitrogens with zero attached hydrogens (tertiary/aromatic N) is 1. The fourth-order valence-corrected chi connectivity index (χ4v) is 3.95. The molecule has 7 nitrogen and oxygen atoms in total. The number of carbonyl (C=O) groups excluding carboxylic acids is 1. The summed E-state index contributed by atoms with van der Waals surface area (Å²) in [7, 11) is -0.475. The van der Waals surface area contributed by atoms with Crippen LogP contribution in [0.1, 0.15) is 31.9 Å². The Morgan fingerprint density at radius 2 is 1.61 bits per heavy atom. The quantitative estimate of drug-likeness (QED) is 0.637. The molecule has 1 N–H and O–H groups in total. The number of ether oxygens (including phenoxy) is 2. The Morgan fingerprint density at radius 1 is 1.00 bits per heavy atom. The third-order valence-corrected chi connectivity index (χ3v) is 6.03. The first kappa shape index (κ1) is 24.5. The number of benzene rings is 2. The highest BCUT2D eigenvalue weighted by Crippen LogP contribution is 2.28. The SMILES string of the molecule is COc1ccc(CCNC(=O)CN(c2ccc(C(C)(C)C)cc2)S(C)(=O)=O)cc1OC. The maximum absolute atomic E-state index is 12.5. The highest BCUT2D eigenvalue weighted by molar-refractivity contribution is 7.92. The molecule has 0 saturated heterocycles. The monoisotopic (exact) mass is 448 g/mol. The van der Waals surface area contributed by atoms with Gasteiger partial charge in [0.05, 0.1) is 26.2 Å². The van der Waals surface area contributed by atoms with Crippen molar-refractivity contribution in [3.8, 4) is 11.5 Å². The van der Waals surface area contributed by atoms with Crippen LogP contribution in [0, 0.1) is 0 Å². The Hall–Kier alpha value is -2.74. The van der Waals surface area contributed by atoms with Crippen molar-refractivity contribution < 1.29 is 22.7 Å². The molecule has 0 radical (unpaired) electrons. The topological polar surface area (TPSA) is 84.9 Å². The molecule has 31 heavy (non-hydrogen) atoms. The van der Waals surface area contributed by atoms with Crippen molar-refractivity contribution in [2.75, 3.05) is 37.9 Å². The summed E-state index contributed by atoms with van der Waals surface area (Å²) < 4.78 is 36.2. The van der Waals surface area contributed by atoms with Gasteiger partial charge in [0.25, 0.3) is 0 Å². The molecule has 0 fully saturated rings. The Bertz CT molecular complexity index is 996. The minimum Gasteiger partial charge on any atom is -0.493 e. The molecule has 0 spiro atoms. The smallest absolute Gasteiger partial charge is 0.240 e. The van der Waals surface area contributed by atoms with Crippen molar-refractivity contribution >= 4 is 21.6 Å². The molecule has 0 bridgehead atoms. The van der Waals surface area contributed by atoms with E-state index in [1.54, 1.807) is 26.4 Å². The van der Waals surface area contributed by atoms with Crippen LogP contribution < -0.4 is 19.1 Å². The van der Waals surface area contributed by atoms with Gasteiger partial charge < -0.3 is 14.8 Å². The van der Waals surface area contributed by atoms with Gasteiger partial charge in [-0.2, -0.15) is 0 Å². The summed E-state index contributed by atoms with van der Waals surface area (Å²) in [6.07, 6.45) is 1.67. The number of hydrogen-bond donors (Lipinski definition) is 1. The molecule has 0 saturated carbocycles. The lowest BCUT2D eigenvalue weighted by atomic mass is 9.87. The second-order valence-electron chi connectivity index (χ2n) is 8.36. The fourth-order valence-electron chi connectivity index (χ4n) is 3.10. The van der Waals surface area contributed by atoms with Crippen molar-refractivity contribution in [2.24, 2.45) is 0 Å². The van der Waals surface area contributed by atoms with Crippen LogP contribution in [-0.4, -0.2) is 47.9 Å². The minimum absolute atomic E-state index is 0.0457. The van der Waals surface area contributed by atoms with Gasteiger partial charge in [0.2, 0.25) is 15.9 Å². The molecule has 1 amide bonds. The number of rotatable bonds is 9. The van der Waals surface area contributed by atoms with Crippen LogP contribution in [0.3, 0.4) is 0 Å². The molecule has 2 aromatic carbocycles. The summed E-state index contributed by atoms with van der Waals surface area (Å²) in [5.41, 5.74) is 2.47. The molecule has 0 heterocycles. The summed E-state index contributed by atoms with van der Waals surface area (Å²) in [4.78, 5) is 12.5. The van der Waals surface area contributed by atoms with Crippen LogP contribution in [0.5, 0.6) is 11.5 Å². The van der Waals surface area contributed by atoms with Crippen LogP contribution >= 0.6 is 0 Å². The lowest BCUT2D eigenvalue weighted by Crippen LogP contribution is -2.41. The zero-order valence-corrected chi connectivity index (χ0v) is 19.9. The number of amides is 1. The Balaban J connectivity index is 2.02. The fraction of sp³-hybridized carbons (Fsp3) is 0.435. The van der Waals surface area contributed by atoms with E-state index in [1.807, 2.05) is 30.3 Å². The number of nitrogens with one attached hydrogen (secondary N) is 1. The first-order chi connectivity index (χ1) is 14.5. The highest BCUT2D eigenvalue weighted by Gasteiger charge is 2.22. The van der Waals surface area contributed by atoms with E-state index < -0.39 is 10.0 Å². The molecule has 0 aliphatic carbocycles. The van der Waals surface area contributed by atoms with Crippen molar-refractivity contribution in [2.45, 2.75) is 32.6 Å². The number of hydrogen-bond acceptors (Lipinski definition) is 5. The van der Waals surface area contributed by atoms with Gasteiger partial charge in [0.1, 0.15) is 6.54 Å². The Kier molecular flexibility index (Phi) is 7.95. The number of carbonyl (C=O) groups is 1. The van der Waals surface area contributed by atoms with Crippen molar-refractivity contribution in [3.05, 3.63) is 53.6 Å². The Morgan fingerprint density at radius 3 is 2.13 bits per heavy atom. The van der Waals surface area contributed by atoms with E-state index in [0.29, 0.717) is 30.2 Å². The number of methoxy groups -OCH3 is 2. The van der Waals surface area contributed by atoms with Gasteiger partial charge in [0, 0.05) is 6.54 Å². The summed E-state index contributed by atoms with van der Waals surface area (Å²) in [5.74, 6) is 0.885. The summed E-state index contributed by atoms with van der Waals surface area (Å²) >= 11 is 0. The molecule has 0 atom stereocenters. The van der Waals surface area contributed by atoms with Gasteiger partial charge in [0.15, 0.2) is 11.5 Å². The molecule has 170 valence electrons. The standard InChI is InChI=1S/C23H32N2O5S/c1-23(2,3)18-8-10-19(11-9-18)25(31(6,27)28)16-22(26)24-14-13-17-7-12-20(29-4)21(15-17)30-5/h7-12,15H,13-14,16H2,1-6H3,(H,24,26). The predicted molar refractivity (Wildman–Crippen MR) is 124 cm³/mol. The lowest BCUT2D eigenvalue weighted by Gasteiger charge is -2.24. The third-order valence-electron chi connectivity index (χ3n) is 4.89. The van der Waals surface area contributed by atoms with Crippen LogP contribution in [0.4, 0.5) is 5.69 Å².